The molecule has 16 heavy (non-hydrogen) atoms. The van der Waals surface area contributed by atoms with Crippen LogP contribution in [0.1, 0.15) is 12.5 Å². The molecule has 0 bridgehead atoms. The van der Waals surface area contributed by atoms with Crippen LogP contribution >= 0.6 is 0 Å². The quantitative estimate of drug-likeness (QED) is 0.707. The molecule has 0 aliphatic heterocycles. The highest BCUT2D eigenvalue weighted by atomic mass is 15.5. The zero-order valence-electron chi connectivity index (χ0n) is 8.70. The number of nitriles is 1. The number of tetrazole rings is 1. The van der Waals surface area contributed by atoms with Gasteiger partial charge in [0.1, 0.15) is 6.33 Å². The molecule has 0 spiro atoms. The predicted octanol–water partition coefficient (Wildman–Crippen LogP) is 1.59. The van der Waals surface area contributed by atoms with Crippen LogP contribution in [0.3, 0.4) is 0 Å². The van der Waals surface area contributed by atoms with E-state index in [-0.39, 0.29) is 0 Å². The molecule has 0 saturated heterocycles. The van der Waals surface area contributed by atoms with E-state index >= 15 is 0 Å². The lowest BCUT2D eigenvalue weighted by Gasteiger charge is -2.03. The first-order valence-corrected chi connectivity index (χ1v) is 4.71. The summed E-state index contributed by atoms with van der Waals surface area (Å²) < 4.78 is 1.57. The second-order valence-electron chi connectivity index (χ2n) is 3.26. The largest absolute Gasteiger partial charge is 0.201 e. The van der Waals surface area contributed by atoms with E-state index in [1.807, 2.05) is 37.3 Å². The second kappa shape index (κ2) is 4.36. The molecule has 1 heterocycles. The Labute approximate surface area is 92.6 Å². The van der Waals surface area contributed by atoms with Crippen LogP contribution < -0.4 is 0 Å². The van der Waals surface area contributed by atoms with E-state index in [1.165, 1.54) is 12.4 Å². The number of hydrogen-bond acceptors (Lipinski definition) is 4. The van der Waals surface area contributed by atoms with E-state index < -0.39 is 0 Å². The van der Waals surface area contributed by atoms with E-state index in [4.69, 9.17) is 5.26 Å². The smallest absolute Gasteiger partial charge is 0.143 e. The van der Waals surface area contributed by atoms with Gasteiger partial charge in [-0.3, -0.25) is 0 Å². The maximum atomic E-state index is 8.59. The first kappa shape index (κ1) is 10.1. The van der Waals surface area contributed by atoms with Crippen LogP contribution in [0.25, 0.3) is 11.3 Å². The number of rotatable bonds is 2. The summed E-state index contributed by atoms with van der Waals surface area (Å²) in [6.45, 7) is 1.89. The van der Waals surface area contributed by atoms with Gasteiger partial charge in [-0.25, -0.2) is 4.68 Å². The van der Waals surface area contributed by atoms with Crippen LogP contribution in [0.2, 0.25) is 0 Å². The van der Waals surface area contributed by atoms with Gasteiger partial charge in [0.2, 0.25) is 0 Å². The summed E-state index contributed by atoms with van der Waals surface area (Å²) in [6, 6.07) is 9.69. The van der Waals surface area contributed by atoms with Crippen molar-refractivity contribution < 1.29 is 0 Å². The zero-order chi connectivity index (χ0) is 11.4. The first-order valence-electron chi connectivity index (χ1n) is 4.71. The Morgan fingerprint density at radius 1 is 1.50 bits per heavy atom. The lowest BCUT2D eigenvalue weighted by Crippen LogP contribution is -1.95. The minimum Gasteiger partial charge on any atom is -0.201 e. The third-order valence-electron chi connectivity index (χ3n) is 2.20. The Morgan fingerprint density at radius 3 is 3.06 bits per heavy atom. The Kier molecular flexibility index (Phi) is 2.74. The van der Waals surface area contributed by atoms with Gasteiger partial charge >= 0.3 is 0 Å². The fraction of sp³-hybridized carbons (Fsp3) is 0.0909. The number of aromatic nitrogens is 4. The molecular weight excluding hydrogens is 202 g/mol. The standard InChI is InChI=1S/C11H9N5/c1-9(5-6-12)10-3-2-4-11(7-10)16-8-13-14-15-16/h2-5,7-8H,1H3/b9-5-. The van der Waals surface area contributed by atoms with Gasteiger partial charge in [-0.15, -0.1) is 5.10 Å². The van der Waals surface area contributed by atoms with Crippen LogP contribution in [0.4, 0.5) is 0 Å². The Bertz CT molecular complexity index is 548. The molecule has 5 nitrogen and oxygen atoms in total. The molecule has 0 saturated carbocycles. The molecule has 0 fully saturated rings. The third-order valence-corrected chi connectivity index (χ3v) is 2.20. The van der Waals surface area contributed by atoms with Crippen LogP contribution in [-0.4, -0.2) is 20.2 Å². The summed E-state index contributed by atoms with van der Waals surface area (Å²) in [5, 5.41) is 19.5. The summed E-state index contributed by atoms with van der Waals surface area (Å²) >= 11 is 0. The normalized spacial score (nSPS) is 11.1. The summed E-state index contributed by atoms with van der Waals surface area (Å²) in [6.07, 6.45) is 3.04. The van der Waals surface area contributed by atoms with E-state index in [2.05, 4.69) is 15.5 Å². The summed E-state index contributed by atoms with van der Waals surface area (Å²) in [7, 11) is 0. The van der Waals surface area contributed by atoms with Crippen molar-refractivity contribution >= 4 is 5.57 Å². The highest BCUT2D eigenvalue weighted by Crippen LogP contribution is 2.16. The lowest BCUT2D eigenvalue weighted by molar-refractivity contribution is 0.789. The molecular formula is C11H9N5. The van der Waals surface area contributed by atoms with Gasteiger partial charge in [0.05, 0.1) is 11.8 Å². The fourth-order valence-corrected chi connectivity index (χ4v) is 1.35. The zero-order valence-corrected chi connectivity index (χ0v) is 8.70. The van der Waals surface area contributed by atoms with Crippen molar-refractivity contribution in [3.05, 3.63) is 42.2 Å². The van der Waals surface area contributed by atoms with Crippen LogP contribution in [-0.2, 0) is 0 Å². The van der Waals surface area contributed by atoms with Gasteiger partial charge in [-0.05, 0) is 40.6 Å². The van der Waals surface area contributed by atoms with Crippen molar-refractivity contribution in [2.24, 2.45) is 0 Å². The van der Waals surface area contributed by atoms with Crippen molar-refractivity contribution in [2.45, 2.75) is 6.92 Å². The molecule has 5 heteroatoms. The molecule has 0 atom stereocenters. The summed E-state index contributed by atoms with van der Waals surface area (Å²) in [5.74, 6) is 0. The molecule has 1 aromatic carbocycles. The molecule has 0 N–H and O–H groups in total. The maximum Gasteiger partial charge on any atom is 0.143 e. The van der Waals surface area contributed by atoms with Crippen LogP contribution in [0.15, 0.2) is 36.7 Å². The SMILES string of the molecule is C/C(=C/C#N)c1cccc(-n2cnnn2)c1. The Balaban J connectivity index is 2.42. The molecule has 2 aromatic rings. The monoisotopic (exact) mass is 211 g/mol. The summed E-state index contributed by atoms with van der Waals surface area (Å²) in [4.78, 5) is 0. The van der Waals surface area contributed by atoms with Crippen molar-refractivity contribution in [1.29, 1.82) is 5.26 Å². The number of allylic oxidation sites excluding steroid dienone is 2. The number of hydrogen-bond donors (Lipinski definition) is 0. The molecule has 0 amide bonds. The van der Waals surface area contributed by atoms with Gasteiger partial charge in [-0.2, -0.15) is 5.26 Å². The van der Waals surface area contributed by atoms with Crippen molar-refractivity contribution in [2.75, 3.05) is 0 Å². The topological polar surface area (TPSA) is 67.4 Å². The highest BCUT2D eigenvalue weighted by Gasteiger charge is 2.00. The average Bonchev–Trinajstić information content (AvgIpc) is 2.83. The van der Waals surface area contributed by atoms with Crippen molar-refractivity contribution in [3.8, 4) is 11.8 Å². The van der Waals surface area contributed by atoms with Gasteiger partial charge in [0.15, 0.2) is 0 Å². The molecule has 0 radical (unpaired) electrons. The Morgan fingerprint density at radius 2 is 2.38 bits per heavy atom. The highest BCUT2D eigenvalue weighted by molar-refractivity contribution is 5.67. The number of benzene rings is 1. The van der Waals surface area contributed by atoms with Gasteiger partial charge in [0, 0.05) is 6.08 Å². The molecule has 0 unspecified atom stereocenters. The summed E-state index contributed by atoms with van der Waals surface area (Å²) in [5.41, 5.74) is 2.76. The minimum atomic E-state index is 0.869. The molecule has 0 aliphatic rings. The van der Waals surface area contributed by atoms with E-state index in [0.29, 0.717) is 0 Å². The molecule has 0 aliphatic carbocycles. The van der Waals surface area contributed by atoms with Gasteiger partial charge in [-0.1, -0.05) is 12.1 Å². The Hall–Kier alpha value is -2.48. The lowest BCUT2D eigenvalue weighted by atomic mass is 10.1. The van der Waals surface area contributed by atoms with Crippen LogP contribution in [0.5, 0.6) is 0 Å². The first-order chi connectivity index (χ1) is 7.81. The van der Waals surface area contributed by atoms with Crippen molar-refractivity contribution in [3.63, 3.8) is 0 Å². The van der Waals surface area contributed by atoms with E-state index in [9.17, 15) is 0 Å². The molecule has 2 rings (SSSR count). The molecule has 1 aromatic heterocycles. The van der Waals surface area contributed by atoms with Crippen molar-refractivity contribution in [1.82, 2.24) is 20.2 Å². The van der Waals surface area contributed by atoms with E-state index in [1.54, 1.807) is 4.68 Å². The third kappa shape index (κ3) is 1.96. The average molecular weight is 211 g/mol. The van der Waals surface area contributed by atoms with Crippen LogP contribution in [0, 0.1) is 11.3 Å². The maximum absolute atomic E-state index is 8.59. The predicted molar refractivity (Wildman–Crippen MR) is 58.4 cm³/mol. The molecule has 78 valence electrons. The van der Waals surface area contributed by atoms with Gasteiger partial charge in [0.25, 0.3) is 0 Å². The number of nitrogens with zero attached hydrogens (tertiary/aromatic N) is 5. The second-order valence-corrected chi connectivity index (χ2v) is 3.26. The van der Waals surface area contributed by atoms with Gasteiger partial charge < -0.3 is 0 Å². The minimum absolute atomic E-state index is 0.869. The fourth-order valence-electron chi connectivity index (χ4n) is 1.35. The van der Waals surface area contributed by atoms with E-state index in [0.717, 1.165) is 16.8 Å².